The lowest BCUT2D eigenvalue weighted by atomic mass is 10.0. The summed E-state index contributed by atoms with van der Waals surface area (Å²) in [5, 5.41) is 5.16. The molecule has 0 aliphatic heterocycles. The second-order valence-corrected chi connectivity index (χ2v) is 7.77. The molecule has 0 spiro atoms. The predicted octanol–water partition coefficient (Wildman–Crippen LogP) is 5.11. The summed E-state index contributed by atoms with van der Waals surface area (Å²) in [5.41, 5.74) is -1.38. The van der Waals surface area contributed by atoms with E-state index in [1.54, 1.807) is 17.5 Å². The van der Waals surface area contributed by atoms with Gasteiger partial charge in [-0.1, -0.05) is 35.6 Å². The second-order valence-electron chi connectivity index (χ2n) is 5.80. The number of carbonyl (C=O) groups excluding carboxylic acids is 2. The van der Waals surface area contributed by atoms with Gasteiger partial charge in [-0.2, -0.15) is 13.2 Å². The molecule has 1 N–H and O–H groups in total. The summed E-state index contributed by atoms with van der Waals surface area (Å²) in [6.07, 6.45) is -2.85. The van der Waals surface area contributed by atoms with Crippen LogP contribution >= 0.6 is 22.7 Å². The number of hydrogen-bond donors (Lipinski definition) is 1. The van der Waals surface area contributed by atoms with Crippen LogP contribution in [-0.4, -0.2) is 29.9 Å². The molecule has 0 atom stereocenters. The van der Waals surface area contributed by atoms with Gasteiger partial charge in [-0.25, -0.2) is 9.78 Å². The van der Waals surface area contributed by atoms with Gasteiger partial charge in [0, 0.05) is 12.1 Å². The van der Waals surface area contributed by atoms with Crippen LogP contribution < -0.4 is 5.32 Å². The van der Waals surface area contributed by atoms with Crippen molar-refractivity contribution in [1.29, 1.82) is 0 Å². The third-order valence-corrected chi connectivity index (χ3v) is 5.56. The first-order valence-electron chi connectivity index (χ1n) is 8.47. The number of esters is 1. The molecule has 0 fully saturated rings. The van der Waals surface area contributed by atoms with Crippen LogP contribution in [0.4, 0.5) is 18.3 Å². The number of nitrogens with one attached hydrogen (secondary N) is 1. The summed E-state index contributed by atoms with van der Waals surface area (Å²) in [5.74, 6) is -1.11. The molecule has 10 heteroatoms. The van der Waals surface area contributed by atoms with Gasteiger partial charge in [0.1, 0.15) is 4.88 Å². The minimum atomic E-state index is -4.61. The second kappa shape index (κ2) is 9.19. The standard InChI is InChI=1S/C19H15F3N2O3S2/c20-19(21,22)13-6-2-1-5-12(13)16(25)15-11-24-18(29-15)23-8-4-9-27-17(26)14-7-3-10-28-14/h1-3,5-7,10-11H,4,8-9H2,(H,23,24). The van der Waals surface area contributed by atoms with Crippen LogP contribution in [0.5, 0.6) is 0 Å². The Morgan fingerprint density at radius 3 is 2.62 bits per heavy atom. The maximum atomic E-state index is 13.1. The first-order valence-corrected chi connectivity index (χ1v) is 10.2. The largest absolute Gasteiger partial charge is 0.461 e. The van der Waals surface area contributed by atoms with Crippen molar-refractivity contribution in [3.63, 3.8) is 0 Å². The monoisotopic (exact) mass is 440 g/mol. The summed E-state index contributed by atoms with van der Waals surface area (Å²) in [4.78, 5) is 28.8. The van der Waals surface area contributed by atoms with Crippen LogP contribution in [0.1, 0.15) is 36.9 Å². The van der Waals surface area contributed by atoms with Gasteiger partial charge in [-0.3, -0.25) is 4.79 Å². The molecule has 0 bridgehead atoms. The van der Waals surface area contributed by atoms with Gasteiger partial charge in [0.15, 0.2) is 5.13 Å². The van der Waals surface area contributed by atoms with Crippen LogP contribution in [0.2, 0.25) is 0 Å². The van der Waals surface area contributed by atoms with Crippen LogP contribution in [0.25, 0.3) is 0 Å². The summed E-state index contributed by atoms with van der Waals surface area (Å²) >= 11 is 2.27. The Kier molecular flexibility index (Phi) is 6.65. The van der Waals surface area contributed by atoms with Gasteiger partial charge < -0.3 is 10.1 Å². The summed E-state index contributed by atoms with van der Waals surface area (Å²) in [7, 11) is 0. The minimum Gasteiger partial charge on any atom is -0.461 e. The third kappa shape index (κ3) is 5.42. The average molecular weight is 440 g/mol. The highest BCUT2D eigenvalue weighted by atomic mass is 32.1. The van der Waals surface area contributed by atoms with Gasteiger partial charge in [-0.15, -0.1) is 11.3 Å². The number of nitrogens with zero attached hydrogens (tertiary/aromatic N) is 1. The van der Waals surface area contributed by atoms with E-state index >= 15 is 0 Å². The van der Waals surface area contributed by atoms with E-state index in [4.69, 9.17) is 4.74 Å². The summed E-state index contributed by atoms with van der Waals surface area (Å²) < 4.78 is 44.4. The molecule has 0 amide bonds. The number of hydrogen-bond acceptors (Lipinski definition) is 7. The van der Waals surface area contributed by atoms with Gasteiger partial charge in [-0.05, 0) is 23.9 Å². The van der Waals surface area contributed by atoms with Gasteiger partial charge >= 0.3 is 12.1 Å². The van der Waals surface area contributed by atoms with E-state index < -0.39 is 23.1 Å². The number of ketones is 1. The predicted molar refractivity (Wildman–Crippen MR) is 105 cm³/mol. The Morgan fingerprint density at radius 2 is 1.90 bits per heavy atom. The highest BCUT2D eigenvalue weighted by Crippen LogP contribution is 2.33. The summed E-state index contributed by atoms with van der Waals surface area (Å²) in [6.45, 7) is 0.637. The molecule has 2 heterocycles. The van der Waals surface area contributed by atoms with Crippen LogP contribution in [-0.2, 0) is 10.9 Å². The number of carbonyl (C=O) groups is 2. The molecule has 29 heavy (non-hydrogen) atoms. The molecular formula is C19H15F3N2O3S2. The number of anilines is 1. The maximum absolute atomic E-state index is 13.1. The Bertz CT molecular complexity index is 985. The zero-order chi connectivity index (χ0) is 20.9. The van der Waals surface area contributed by atoms with E-state index in [-0.39, 0.29) is 17.5 Å². The summed E-state index contributed by atoms with van der Waals surface area (Å²) in [6, 6.07) is 8.10. The number of thiazole rings is 1. The highest BCUT2D eigenvalue weighted by Gasteiger charge is 2.35. The van der Waals surface area contributed by atoms with E-state index in [9.17, 15) is 22.8 Å². The van der Waals surface area contributed by atoms with Crippen molar-refractivity contribution in [1.82, 2.24) is 4.98 Å². The Labute approximate surface area is 172 Å². The van der Waals surface area contributed by atoms with Crippen molar-refractivity contribution in [3.8, 4) is 0 Å². The van der Waals surface area contributed by atoms with Gasteiger partial charge in [0.05, 0.1) is 23.2 Å². The molecule has 0 radical (unpaired) electrons. The topological polar surface area (TPSA) is 68.3 Å². The molecule has 3 aromatic rings. The van der Waals surface area contributed by atoms with E-state index in [1.165, 1.54) is 29.7 Å². The quantitative estimate of drug-likeness (QED) is 0.299. The Morgan fingerprint density at radius 1 is 1.10 bits per heavy atom. The van der Waals surface area contributed by atoms with Gasteiger partial charge in [0.2, 0.25) is 5.78 Å². The molecular weight excluding hydrogens is 425 g/mol. The molecule has 152 valence electrons. The SMILES string of the molecule is O=C(OCCCNc1ncc(C(=O)c2ccccc2C(F)(F)F)s1)c1cccs1. The van der Waals surface area contributed by atoms with Crippen molar-refractivity contribution < 1.29 is 27.5 Å². The molecule has 5 nitrogen and oxygen atoms in total. The Balaban J connectivity index is 1.52. The lowest BCUT2D eigenvalue weighted by Gasteiger charge is -2.10. The number of halogens is 3. The first kappa shape index (κ1) is 21.0. The lowest BCUT2D eigenvalue weighted by Crippen LogP contribution is -2.13. The fraction of sp³-hybridized carbons (Fsp3) is 0.211. The number of aromatic nitrogens is 1. The molecule has 1 aromatic carbocycles. The Hall–Kier alpha value is -2.72. The normalized spacial score (nSPS) is 11.3. The van der Waals surface area contributed by atoms with Crippen molar-refractivity contribution in [2.45, 2.75) is 12.6 Å². The van der Waals surface area contributed by atoms with E-state index in [2.05, 4.69) is 10.3 Å². The van der Waals surface area contributed by atoms with E-state index in [0.717, 1.165) is 23.5 Å². The number of benzene rings is 1. The maximum Gasteiger partial charge on any atom is 0.417 e. The van der Waals surface area contributed by atoms with Crippen LogP contribution in [0.15, 0.2) is 48.0 Å². The van der Waals surface area contributed by atoms with Crippen molar-refractivity contribution in [2.24, 2.45) is 0 Å². The molecule has 0 aliphatic rings. The van der Waals surface area contributed by atoms with Gasteiger partial charge in [0.25, 0.3) is 0 Å². The van der Waals surface area contributed by atoms with Crippen molar-refractivity contribution in [2.75, 3.05) is 18.5 Å². The average Bonchev–Trinajstić information content (AvgIpc) is 3.38. The highest BCUT2D eigenvalue weighted by molar-refractivity contribution is 7.17. The molecule has 3 rings (SSSR count). The first-order chi connectivity index (χ1) is 13.9. The molecule has 0 saturated carbocycles. The third-order valence-electron chi connectivity index (χ3n) is 3.76. The number of alkyl halides is 3. The zero-order valence-electron chi connectivity index (χ0n) is 14.9. The lowest BCUT2D eigenvalue weighted by molar-refractivity contribution is -0.137. The fourth-order valence-electron chi connectivity index (χ4n) is 2.42. The minimum absolute atomic E-state index is 0.105. The smallest absolute Gasteiger partial charge is 0.417 e. The van der Waals surface area contributed by atoms with Crippen LogP contribution in [0.3, 0.4) is 0 Å². The van der Waals surface area contributed by atoms with E-state index in [1.807, 2.05) is 0 Å². The number of rotatable bonds is 8. The molecule has 0 saturated heterocycles. The number of thiophene rings is 1. The molecule has 0 unspecified atom stereocenters. The number of ether oxygens (including phenoxy) is 1. The van der Waals surface area contributed by atoms with Crippen molar-refractivity contribution in [3.05, 3.63) is 68.9 Å². The van der Waals surface area contributed by atoms with Crippen LogP contribution in [0, 0.1) is 0 Å². The molecule has 0 aliphatic carbocycles. The van der Waals surface area contributed by atoms with E-state index in [0.29, 0.717) is 23.0 Å². The van der Waals surface area contributed by atoms with Crippen molar-refractivity contribution >= 4 is 39.6 Å². The fourth-order valence-corrected chi connectivity index (χ4v) is 3.83. The molecule has 2 aromatic heterocycles. The zero-order valence-corrected chi connectivity index (χ0v) is 16.5.